The number of aromatic nitrogens is 4. The van der Waals surface area contributed by atoms with E-state index in [-0.39, 0.29) is 12.2 Å². The second-order valence-electron chi connectivity index (χ2n) is 11.8. The quantitative estimate of drug-likeness (QED) is 0.161. The Morgan fingerprint density at radius 2 is 1.58 bits per heavy atom. The van der Waals surface area contributed by atoms with Crippen LogP contribution in [0.3, 0.4) is 0 Å². The van der Waals surface area contributed by atoms with Gasteiger partial charge < -0.3 is 20.3 Å². The molecule has 3 aromatic heterocycles. The monoisotopic (exact) mass is 709 g/mol. The van der Waals surface area contributed by atoms with E-state index in [0.717, 1.165) is 87.0 Å². The molecule has 0 aliphatic carbocycles. The van der Waals surface area contributed by atoms with Crippen molar-refractivity contribution in [2.45, 2.75) is 46.3 Å². The van der Waals surface area contributed by atoms with Crippen LogP contribution >= 0.6 is 22.9 Å². The summed E-state index contributed by atoms with van der Waals surface area (Å²) in [6, 6.07) is 27.6. The third kappa shape index (κ3) is 6.19. The highest BCUT2D eigenvalue weighted by Gasteiger charge is 2.23. The number of benzene rings is 3. The van der Waals surface area contributed by atoms with Crippen molar-refractivity contribution in [3.8, 4) is 11.4 Å². The Balaban J connectivity index is 1.16. The predicted molar refractivity (Wildman–Crippen MR) is 193 cm³/mol. The highest BCUT2D eigenvalue weighted by atomic mass is 127. The molecule has 0 bridgehead atoms. The minimum Gasteiger partial charge on any atom is -0.372 e. The van der Waals surface area contributed by atoms with E-state index in [2.05, 4.69) is 134 Å². The lowest BCUT2D eigenvalue weighted by Gasteiger charge is -2.37. The Kier molecular flexibility index (Phi) is 8.05. The van der Waals surface area contributed by atoms with Gasteiger partial charge >= 0.3 is 0 Å². The molecule has 0 spiro atoms. The lowest BCUT2D eigenvalue weighted by atomic mass is 10.1. The van der Waals surface area contributed by atoms with Gasteiger partial charge in [0.05, 0.1) is 51.6 Å². The molecule has 1 saturated heterocycles. The number of fused-ring (bicyclic) bond motifs is 2. The number of morpholine rings is 1. The number of anilines is 5. The fourth-order valence-electron chi connectivity index (χ4n) is 6.09. The van der Waals surface area contributed by atoms with E-state index in [9.17, 15) is 0 Å². The lowest BCUT2D eigenvalue weighted by Crippen LogP contribution is -2.45. The standard InChI is InChI=1S/C36H36IN7O/c1-5-26-17-33(31-19-30(11-12-32(31)40-26)43-20-23(3)45-24(4)21-43)41-27-8-6-25(7-9-27)36-42-34-18-28(10-13-35(34)44(36)37)39-29-14-15-38-22(2)16-29/h6-19,23-24H,5,20-21H2,1-4H3,(H,38,39)(H,40,41). The van der Waals surface area contributed by atoms with Crippen LogP contribution in [-0.4, -0.2) is 43.0 Å². The van der Waals surface area contributed by atoms with Crippen LogP contribution in [0.1, 0.15) is 32.2 Å². The van der Waals surface area contributed by atoms with E-state index in [1.54, 1.807) is 0 Å². The fourth-order valence-corrected chi connectivity index (χ4v) is 6.89. The van der Waals surface area contributed by atoms with Gasteiger partial charge in [0.25, 0.3) is 0 Å². The molecular formula is C36H36IN7O. The smallest absolute Gasteiger partial charge is 0.150 e. The van der Waals surface area contributed by atoms with Gasteiger partial charge in [-0.3, -0.25) is 12.7 Å². The van der Waals surface area contributed by atoms with Gasteiger partial charge in [-0.25, -0.2) is 4.98 Å². The van der Waals surface area contributed by atoms with E-state index in [4.69, 9.17) is 14.7 Å². The van der Waals surface area contributed by atoms with Gasteiger partial charge in [-0.15, -0.1) is 0 Å². The number of nitrogens with one attached hydrogen (secondary N) is 2. The van der Waals surface area contributed by atoms with Crippen molar-refractivity contribution in [3.63, 3.8) is 0 Å². The first-order chi connectivity index (χ1) is 21.8. The van der Waals surface area contributed by atoms with E-state index in [1.165, 1.54) is 5.69 Å². The molecule has 1 fully saturated rings. The average Bonchev–Trinajstić information content (AvgIpc) is 3.36. The molecule has 45 heavy (non-hydrogen) atoms. The van der Waals surface area contributed by atoms with Gasteiger partial charge in [0, 0.05) is 70.1 Å². The highest BCUT2D eigenvalue weighted by molar-refractivity contribution is 14.1. The molecule has 8 nitrogen and oxygen atoms in total. The zero-order chi connectivity index (χ0) is 31.1. The first kappa shape index (κ1) is 29.5. The van der Waals surface area contributed by atoms with Crippen molar-refractivity contribution in [1.82, 2.24) is 17.7 Å². The van der Waals surface area contributed by atoms with Crippen molar-refractivity contribution in [2.24, 2.45) is 0 Å². The van der Waals surface area contributed by atoms with Crippen LogP contribution in [0.4, 0.5) is 28.4 Å². The Morgan fingerprint density at radius 1 is 0.822 bits per heavy atom. The average molecular weight is 710 g/mol. The Bertz CT molecular complexity index is 2000. The van der Waals surface area contributed by atoms with Crippen LogP contribution in [-0.2, 0) is 11.2 Å². The number of rotatable bonds is 7. The number of imidazole rings is 1. The van der Waals surface area contributed by atoms with E-state index < -0.39 is 0 Å². The highest BCUT2D eigenvalue weighted by Crippen LogP contribution is 2.34. The molecule has 0 radical (unpaired) electrons. The van der Waals surface area contributed by atoms with Crippen LogP contribution in [0, 0.1) is 6.92 Å². The normalized spacial score (nSPS) is 16.8. The predicted octanol–water partition coefficient (Wildman–Crippen LogP) is 8.82. The molecule has 2 unspecified atom stereocenters. The molecule has 1 aliphatic rings. The van der Waals surface area contributed by atoms with Crippen molar-refractivity contribution in [3.05, 3.63) is 96.4 Å². The first-order valence-corrected chi connectivity index (χ1v) is 16.4. The third-order valence-electron chi connectivity index (χ3n) is 8.20. The Hall–Kier alpha value is -4.22. The molecule has 2 N–H and O–H groups in total. The van der Waals surface area contributed by atoms with Gasteiger partial charge in [-0.2, -0.15) is 0 Å². The van der Waals surface area contributed by atoms with E-state index in [1.807, 2.05) is 25.3 Å². The summed E-state index contributed by atoms with van der Waals surface area (Å²) in [5.74, 6) is 0.912. The van der Waals surface area contributed by atoms with E-state index in [0.29, 0.717) is 0 Å². The third-order valence-corrected chi connectivity index (χ3v) is 9.18. The number of hydrogen-bond acceptors (Lipinski definition) is 7. The van der Waals surface area contributed by atoms with Crippen molar-refractivity contribution >= 4 is 73.2 Å². The molecular weight excluding hydrogens is 673 g/mol. The van der Waals surface area contributed by atoms with Crippen LogP contribution in [0.2, 0.25) is 0 Å². The minimum atomic E-state index is 0.201. The summed E-state index contributed by atoms with van der Waals surface area (Å²) in [7, 11) is 0. The first-order valence-electron chi connectivity index (χ1n) is 15.4. The maximum absolute atomic E-state index is 5.98. The molecule has 1 aliphatic heterocycles. The number of ether oxygens (including phenoxy) is 1. The molecule has 0 amide bonds. The maximum atomic E-state index is 5.98. The van der Waals surface area contributed by atoms with E-state index >= 15 is 0 Å². The largest absolute Gasteiger partial charge is 0.372 e. The summed E-state index contributed by atoms with van der Waals surface area (Å²) in [6.07, 6.45) is 3.09. The van der Waals surface area contributed by atoms with Gasteiger partial charge in [0.1, 0.15) is 5.82 Å². The molecule has 6 aromatic rings. The van der Waals surface area contributed by atoms with Crippen LogP contribution < -0.4 is 15.5 Å². The minimum absolute atomic E-state index is 0.201. The Morgan fingerprint density at radius 3 is 2.33 bits per heavy atom. The van der Waals surface area contributed by atoms with Gasteiger partial charge in [-0.05, 0) is 106 Å². The number of aryl methyl sites for hydroxylation is 2. The fraction of sp³-hybridized carbons (Fsp3) is 0.250. The summed E-state index contributed by atoms with van der Waals surface area (Å²) < 4.78 is 8.10. The van der Waals surface area contributed by atoms with Gasteiger partial charge in [-0.1, -0.05) is 6.92 Å². The summed E-state index contributed by atoms with van der Waals surface area (Å²) in [5.41, 5.74) is 11.4. The lowest BCUT2D eigenvalue weighted by molar-refractivity contribution is -0.00521. The summed E-state index contributed by atoms with van der Waals surface area (Å²) in [5, 5.41) is 8.28. The molecule has 3 aromatic carbocycles. The van der Waals surface area contributed by atoms with Crippen molar-refractivity contribution in [1.29, 1.82) is 0 Å². The maximum Gasteiger partial charge on any atom is 0.150 e. The van der Waals surface area contributed by atoms with Crippen LogP contribution in [0.5, 0.6) is 0 Å². The molecule has 7 rings (SSSR count). The number of pyridine rings is 2. The van der Waals surface area contributed by atoms with Crippen molar-refractivity contribution < 1.29 is 4.74 Å². The number of halogens is 1. The zero-order valence-corrected chi connectivity index (χ0v) is 28.0. The van der Waals surface area contributed by atoms with Crippen LogP contribution in [0.15, 0.2) is 85.1 Å². The topological polar surface area (TPSA) is 80.1 Å². The second-order valence-corrected chi connectivity index (χ2v) is 12.8. The molecule has 2 atom stereocenters. The Labute approximate surface area is 277 Å². The molecule has 228 valence electrons. The molecule has 0 saturated carbocycles. The number of nitrogens with zero attached hydrogens (tertiary/aromatic N) is 5. The summed E-state index contributed by atoms with van der Waals surface area (Å²) in [4.78, 5) is 16.6. The molecule has 4 heterocycles. The van der Waals surface area contributed by atoms with Gasteiger partial charge in [0.15, 0.2) is 0 Å². The second kappa shape index (κ2) is 12.3. The molecule has 9 heteroatoms. The zero-order valence-electron chi connectivity index (χ0n) is 25.9. The SMILES string of the molecule is CCc1cc(Nc2ccc(-c3nc4cc(Nc5ccnc(C)c5)ccc4n3I)cc2)c2cc(N3CC(C)OC(C)C3)ccc2n1. The summed E-state index contributed by atoms with van der Waals surface area (Å²) >= 11 is 2.34. The van der Waals surface area contributed by atoms with Crippen molar-refractivity contribution in [2.75, 3.05) is 28.6 Å². The number of hydrogen-bond donors (Lipinski definition) is 2. The van der Waals surface area contributed by atoms with Gasteiger partial charge in [0.2, 0.25) is 0 Å². The van der Waals surface area contributed by atoms with Crippen LogP contribution in [0.25, 0.3) is 33.3 Å². The summed E-state index contributed by atoms with van der Waals surface area (Å²) in [6.45, 7) is 10.2.